The molecular formula is C22H32Cl2N4O2. The number of hydrogen-bond acceptors (Lipinski definition) is 4. The maximum absolute atomic E-state index is 12.7. The third-order valence-corrected chi connectivity index (χ3v) is 4.84. The van der Waals surface area contributed by atoms with Crippen molar-refractivity contribution in [3.63, 3.8) is 0 Å². The minimum atomic E-state index is -1.18. The molecule has 2 amide bonds. The second-order valence-electron chi connectivity index (χ2n) is 6.89. The molecule has 1 atom stereocenters. The van der Waals surface area contributed by atoms with E-state index in [-0.39, 0.29) is 36.6 Å². The lowest BCUT2D eigenvalue weighted by molar-refractivity contribution is -0.120. The number of likely N-dealkylation sites (N-methyl/N-ethyl adjacent to an activating group) is 1. The molecule has 0 saturated carbocycles. The molecule has 0 saturated heterocycles. The van der Waals surface area contributed by atoms with Crippen LogP contribution in [0.3, 0.4) is 0 Å². The van der Waals surface area contributed by atoms with E-state index in [1.165, 1.54) is 0 Å². The van der Waals surface area contributed by atoms with Crippen LogP contribution in [0.2, 0.25) is 0 Å². The summed E-state index contributed by atoms with van der Waals surface area (Å²) in [6, 6.07) is 16.1. The molecule has 0 aliphatic carbocycles. The van der Waals surface area contributed by atoms with Gasteiger partial charge in [0.15, 0.2) is 0 Å². The van der Waals surface area contributed by atoms with E-state index in [1.807, 2.05) is 30.3 Å². The zero-order valence-corrected chi connectivity index (χ0v) is 19.3. The normalized spacial score (nSPS) is 12.2. The van der Waals surface area contributed by atoms with Gasteiger partial charge in [-0.25, -0.2) is 0 Å². The van der Waals surface area contributed by atoms with Crippen molar-refractivity contribution in [3.8, 4) is 0 Å². The van der Waals surface area contributed by atoms with Crippen LogP contribution < -0.4 is 16.4 Å². The lowest BCUT2D eigenvalue weighted by atomic mass is 9.92. The first-order valence-corrected chi connectivity index (χ1v) is 9.65. The van der Waals surface area contributed by atoms with Gasteiger partial charge in [0, 0.05) is 24.3 Å². The summed E-state index contributed by atoms with van der Waals surface area (Å²) in [5.41, 5.74) is 6.83. The van der Waals surface area contributed by atoms with Gasteiger partial charge < -0.3 is 21.3 Å². The molecule has 0 aliphatic heterocycles. The van der Waals surface area contributed by atoms with Crippen LogP contribution in [0.25, 0.3) is 0 Å². The lowest BCUT2D eigenvalue weighted by Crippen LogP contribution is -2.45. The van der Waals surface area contributed by atoms with Crippen molar-refractivity contribution in [2.75, 3.05) is 31.5 Å². The Morgan fingerprint density at radius 1 is 1.00 bits per heavy atom. The number of nitrogens with two attached hydrogens (primary N) is 1. The topological polar surface area (TPSA) is 87.5 Å². The van der Waals surface area contributed by atoms with E-state index in [9.17, 15) is 9.59 Å². The molecule has 2 aromatic rings. The highest BCUT2D eigenvalue weighted by Gasteiger charge is 2.30. The Labute approximate surface area is 191 Å². The van der Waals surface area contributed by atoms with E-state index in [1.54, 1.807) is 31.2 Å². The maximum atomic E-state index is 12.7. The summed E-state index contributed by atoms with van der Waals surface area (Å²) in [5, 5.41) is 5.73. The molecule has 1 unspecified atom stereocenters. The van der Waals surface area contributed by atoms with E-state index < -0.39 is 5.54 Å². The van der Waals surface area contributed by atoms with E-state index in [0.717, 1.165) is 25.2 Å². The fourth-order valence-electron chi connectivity index (χ4n) is 2.88. The van der Waals surface area contributed by atoms with Gasteiger partial charge in [-0.1, -0.05) is 50.2 Å². The van der Waals surface area contributed by atoms with Crippen molar-refractivity contribution >= 4 is 42.3 Å². The van der Waals surface area contributed by atoms with E-state index >= 15 is 0 Å². The number of anilines is 1. The Kier molecular flexibility index (Phi) is 12.3. The summed E-state index contributed by atoms with van der Waals surface area (Å²) in [7, 11) is 0. The zero-order chi connectivity index (χ0) is 20.6. The number of hydrogen-bond donors (Lipinski definition) is 3. The SMILES string of the molecule is CCN(CC)CCNC(=O)c1cccc(NC(=O)C(C)(N)c2ccccc2)c1.Cl.Cl. The molecule has 0 spiro atoms. The van der Waals surface area contributed by atoms with Gasteiger partial charge in [-0.15, -0.1) is 24.8 Å². The Morgan fingerprint density at radius 3 is 2.23 bits per heavy atom. The average molecular weight is 455 g/mol. The molecule has 166 valence electrons. The Hall–Kier alpha value is -2.12. The molecule has 2 aromatic carbocycles. The second kappa shape index (κ2) is 13.2. The summed E-state index contributed by atoms with van der Waals surface area (Å²) in [6.45, 7) is 9.14. The first-order valence-electron chi connectivity index (χ1n) is 9.65. The molecular weight excluding hydrogens is 423 g/mol. The summed E-state index contributed by atoms with van der Waals surface area (Å²) >= 11 is 0. The number of nitrogens with one attached hydrogen (secondary N) is 2. The molecule has 0 aliphatic rings. The van der Waals surface area contributed by atoms with Gasteiger partial charge in [0.1, 0.15) is 5.54 Å². The monoisotopic (exact) mass is 454 g/mol. The first kappa shape index (κ1) is 27.9. The Bertz CT molecular complexity index is 797. The summed E-state index contributed by atoms with van der Waals surface area (Å²) in [6.07, 6.45) is 0. The summed E-state index contributed by atoms with van der Waals surface area (Å²) in [4.78, 5) is 27.3. The molecule has 6 nitrogen and oxygen atoms in total. The van der Waals surface area contributed by atoms with Gasteiger partial charge in [-0.3, -0.25) is 9.59 Å². The van der Waals surface area contributed by atoms with Gasteiger partial charge in [0.2, 0.25) is 5.91 Å². The highest BCUT2D eigenvalue weighted by Crippen LogP contribution is 2.20. The van der Waals surface area contributed by atoms with Crippen LogP contribution in [-0.2, 0) is 10.3 Å². The van der Waals surface area contributed by atoms with Crippen molar-refractivity contribution in [1.82, 2.24) is 10.2 Å². The number of amides is 2. The first-order chi connectivity index (χ1) is 13.4. The molecule has 30 heavy (non-hydrogen) atoms. The van der Waals surface area contributed by atoms with Crippen molar-refractivity contribution in [2.24, 2.45) is 5.73 Å². The third-order valence-electron chi connectivity index (χ3n) is 4.84. The average Bonchev–Trinajstić information content (AvgIpc) is 2.72. The van der Waals surface area contributed by atoms with Crippen LogP contribution in [0.4, 0.5) is 5.69 Å². The Balaban J connectivity index is 0.00000420. The number of nitrogens with zero attached hydrogens (tertiary/aromatic N) is 1. The number of carbonyl (C=O) groups is 2. The number of benzene rings is 2. The van der Waals surface area contributed by atoms with Crippen molar-refractivity contribution < 1.29 is 9.59 Å². The van der Waals surface area contributed by atoms with Crippen LogP contribution in [0.1, 0.15) is 36.7 Å². The predicted octanol–water partition coefficient (Wildman–Crippen LogP) is 3.41. The molecule has 4 N–H and O–H groups in total. The van der Waals surface area contributed by atoms with Crippen LogP contribution in [-0.4, -0.2) is 42.9 Å². The highest BCUT2D eigenvalue weighted by atomic mass is 35.5. The predicted molar refractivity (Wildman–Crippen MR) is 128 cm³/mol. The minimum Gasteiger partial charge on any atom is -0.351 e. The number of carbonyl (C=O) groups excluding carboxylic acids is 2. The van der Waals surface area contributed by atoms with E-state index in [4.69, 9.17) is 5.73 Å². The summed E-state index contributed by atoms with van der Waals surface area (Å²) < 4.78 is 0. The maximum Gasteiger partial charge on any atom is 0.251 e. The Morgan fingerprint density at radius 2 is 1.63 bits per heavy atom. The van der Waals surface area contributed by atoms with E-state index in [0.29, 0.717) is 17.8 Å². The molecule has 0 aromatic heterocycles. The fraction of sp³-hybridized carbons (Fsp3) is 0.364. The molecule has 2 rings (SSSR count). The molecule has 0 heterocycles. The zero-order valence-electron chi connectivity index (χ0n) is 17.7. The third kappa shape index (κ3) is 7.61. The van der Waals surface area contributed by atoms with Crippen molar-refractivity contribution in [3.05, 3.63) is 65.7 Å². The molecule has 0 fully saturated rings. The lowest BCUT2D eigenvalue weighted by Gasteiger charge is -2.24. The highest BCUT2D eigenvalue weighted by molar-refractivity contribution is 6.00. The van der Waals surface area contributed by atoms with Crippen LogP contribution in [0.15, 0.2) is 54.6 Å². The van der Waals surface area contributed by atoms with Crippen LogP contribution in [0.5, 0.6) is 0 Å². The molecule has 0 bridgehead atoms. The molecule has 8 heteroatoms. The fourth-order valence-corrected chi connectivity index (χ4v) is 2.88. The van der Waals surface area contributed by atoms with Gasteiger partial charge in [0.25, 0.3) is 5.91 Å². The van der Waals surface area contributed by atoms with Gasteiger partial charge in [0.05, 0.1) is 0 Å². The van der Waals surface area contributed by atoms with Gasteiger partial charge in [-0.05, 0) is 43.8 Å². The largest absolute Gasteiger partial charge is 0.351 e. The van der Waals surface area contributed by atoms with Gasteiger partial charge in [-0.2, -0.15) is 0 Å². The van der Waals surface area contributed by atoms with Crippen LogP contribution >= 0.6 is 24.8 Å². The van der Waals surface area contributed by atoms with Crippen molar-refractivity contribution in [1.29, 1.82) is 0 Å². The van der Waals surface area contributed by atoms with Crippen LogP contribution in [0, 0.1) is 0 Å². The second-order valence-corrected chi connectivity index (χ2v) is 6.89. The quantitative estimate of drug-likeness (QED) is 0.541. The minimum absolute atomic E-state index is 0. The molecule has 0 radical (unpaired) electrons. The number of rotatable bonds is 9. The smallest absolute Gasteiger partial charge is 0.251 e. The van der Waals surface area contributed by atoms with Crippen molar-refractivity contribution in [2.45, 2.75) is 26.3 Å². The standard InChI is InChI=1S/C22H30N4O2.2ClH/c1-4-26(5-2)15-14-24-20(27)17-10-9-13-19(16-17)25-21(28)22(3,23)18-11-7-6-8-12-18;;/h6-13,16H,4-5,14-15,23H2,1-3H3,(H,24,27)(H,25,28);2*1H. The summed E-state index contributed by atoms with van der Waals surface area (Å²) in [5.74, 6) is -0.500. The van der Waals surface area contributed by atoms with E-state index in [2.05, 4.69) is 29.4 Å². The number of halogens is 2. The van der Waals surface area contributed by atoms with Gasteiger partial charge >= 0.3 is 0 Å².